The van der Waals surface area contributed by atoms with E-state index in [4.69, 9.17) is 0 Å². The summed E-state index contributed by atoms with van der Waals surface area (Å²) in [5.41, 5.74) is 0.456. The van der Waals surface area contributed by atoms with Crippen molar-refractivity contribution in [3.05, 3.63) is 22.9 Å². The Labute approximate surface area is 168 Å². The fourth-order valence-electron chi connectivity index (χ4n) is 5.20. The van der Waals surface area contributed by atoms with Gasteiger partial charge in [-0.25, -0.2) is 4.79 Å². The van der Waals surface area contributed by atoms with Crippen LogP contribution in [0.3, 0.4) is 0 Å². The van der Waals surface area contributed by atoms with Crippen molar-refractivity contribution in [1.29, 1.82) is 0 Å². The third-order valence-corrected chi connectivity index (χ3v) is 6.64. The number of hydrogen-bond donors (Lipinski definition) is 1. The molecule has 4 aliphatic heterocycles. The highest BCUT2D eigenvalue weighted by molar-refractivity contribution is 6.04. The summed E-state index contributed by atoms with van der Waals surface area (Å²) < 4.78 is 38.8. The lowest BCUT2D eigenvalue weighted by Gasteiger charge is -2.53. The third-order valence-electron chi connectivity index (χ3n) is 6.64. The topological polar surface area (TPSA) is 98.2 Å². The van der Waals surface area contributed by atoms with Crippen molar-refractivity contribution in [1.82, 2.24) is 14.7 Å². The molecule has 0 aromatic heterocycles. The van der Waals surface area contributed by atoms with Crippen LogP contribution >= 0.6 is 0 Å². The van der Waals surface area contributed by atoms with Crippen LogP contribution in [0.15, 0.2) is 22.9 Å². The van der Waals surface area contributed by atoms with E-state index in [9.17, 15) is 37.5 Å². The predicted octanol–water partition coefficient (Wildman–Crippen LogP) is 0.650. The molecule has 160 valence electrons. The lowest BCUT2D eigenvalue weighted by atomic mass is 9.77. The Morgan fingerprint density at radius 2 is 1.80 bits per heavy atom. The summed E-state index contributed by atoms with van der Waals surface area (Å²) in [6.07, 6.45) is -1.16. The van der Waals surface area contributed by atoms with Gasteiger partial charge in [-0.05, 0) is 37.3 Å². The van der Waals surface area contributed by atoms with E-state index in [1.54, 1.807) is 4.90 Å². The van der Waals surface area contributed by atoms with E-state index >= 15 is 0 Å². The zero-order valence-corrected chi connectivity index (χ0v) is 15.7. The van der Waals surface area contributed by atoms with Crippen molar-refractivity contribution in [2.45, 2.75) is 50.0 Å². The number of carboxylic acid groups (broad SMARTS) is 1. The van der Waals surface area contributed by atoms with E-state index in [1.165, 1.54) is 6.08 Å². The van der Waals surface area contributed by atoms with Gasteiger partial charge >= 0.3 is 18.1 Å². The number of carbonyl (C=O) groups excluding carboxylic acids is 3. The van der Waals surface area contributed by atoms with Gasteiger partial charge in [-0.3, -0.25) is 19.3 Å². The standard InChI is InChI=1S/C19H18F3N3O5/c20-19(21,22)18(30)24-6-4-10-11(7-8-3-5-23(15(8)26)9-1-2-9)13(17(28)29)25-12(10)14(24)16(25)27/h7,9-10,12,14H,1-6H2,(H,28,29)/b8-7+/t10?,12-,14+/m1/s1. The molecule has 0 spiro atoms. The van der Waals surface area contributed by atoms with Gasteiger partial charge in [0.15, 0.2) is 0 Å². The van der Waals surface area contributed by atoms with Crippen molar-refractivity contribution in [2.24, 2.45) is 5.92 Å². The maximum atomic E-state index is 12.9. The maximum absolute atomic E-state index is 12.9. The number of alkyl halides is 3. The summed E-state index contributed by atoms with van der Waals surface area (Å²) in [6.45, 7) is 0.254. The van der Waals surface area contributed by atoms with Crippen LogP contribution in [0.4, 0.5) is 13.2 Å². The van der Waals surface area contributed by atoms with Gasteiger partial charge in [0.05, 0.1) is 6.04 Å². The summed E-state index contributed by atoms with van der Waals surface area (Å²) in [5.74, 6) is -4.97. The lowest BCUT2D eigenvalue weighted by molar-refractivity contribution is -0.198. The smallest absolute Gasteiger partial charge is 0.471 e. The molecule has 3 saturated heterocycles. The molecule has 30 heavy (non-hydrogen) atoms. The van der Waals surface area contributed by atoms with Crippen molar-refractivity contribution in [2.75, 3.05) is 13.1 Å². The van der Waals surface area contributed by atoms with Crippen LogP contribution in [-0.4, -0.2) is 80.9 Å². The number of amides is 3. The molecule has 1 unspecified atom stereocenters. The van der Waals surface area contributed by atoms with E-state index in [0.717, 1.165) is 17.7 Å². The number of piperidine rings is 1. The second-order valence-corrected chi connectivity index (χ2v) is 8.29. The van der Waals surface area contributed by atoms with Gasteiger partial charge in [-0.1, -0.05) is 0 Å². The normalized spacial score (nSPS) is 32.2. The van der Waals surface area contributed by atoms with Gasteiger partial charge in [0, 0.05) is 30.6 Å². The van der Waals surface area contributed by atoms with Crippen LogP contribution in [0.25, 0.3) is 0 Å². The number of halogens is 3. The molecule has 0 radical (unpaired) electrons. The minimum Gasteiger partial charge on any atom is -0.477 e. The molecule has 5 aliphatic rings. The second kappa shape index (κ2) is 6.08. The fraction of sp³-hybridized carbons (Fsp3) is 0.579. The van der Waals surface area contributed by atoms with E-state index in [-0.39, 0.29) is 30.6 Å². The van der Waals surface area contributed by atoms with Crippen LogP contribution in [-0.2, 0) is 19.2 Å². The largest absolute Gasteiger partial charge is 0.477 e. The zero-order chi connectivity index (χ0) is 21.5. The molecule has 5 rings (SSSR count). The molecule has 3 amide bonds. The highest BCUT2D eigenvalue weighted by atomic mass is 19.4. The number of nitrogens with zero attached hydrogens (tertiary/aromatic N) is 3. The quantitative estimate of drug-likeness (QED) is 0.529. The average molecular weight is 425 g/mol. The Balaban J connectivity index is 1.48. The molecule has 0 aromatic rings. The molecule has 1 saturated carbocycles. The van der Waals surface area contributed by atoms with Crippen molar-refractivity contribution < 1.29 is 37.5 Å². The molecule has 3 atom stereocenters. The van der Waals surface area contributed by atoms with E-state index in [0.29, 0.717) is 29.0 Å². The van der Waals surface area contributed by atoms with Crippen LogP contribution in [0, 0.1) is 5.92 Å². The first-order valence-corrected chi connectivity index (χ1v) is 9.81. The zero-order valence-electron chi connectivity index (χ0n) is 15.7. The minimum absolute atomic E-state index is 0.0865. The lowest BCUT2D eigenvalue weighted by Crippen LogP contribution is -2.74. The summed E-state index contributed by atoms with van der Waals surface area (Å²) in [5, 5.41) is 9.70. The Morgan fingerprint density at radius 3 is 2.40 bits per heavy atom. The number of allylic oxidation sites excluding steroid dienone is 1. The van der Waals surface area contributed by atoms with Gasteiger partial charge in [-0.15, -0.1) is 0 Å². The first-order chi connectivity index (χ1) is 14.1. The monoisotopic (exact) mass is 425 g/mol. The molecule has 0 bridgehead atoms. The Morgan fingerprint density at radius 1 is 1.10 bits per heavy atom. The van der Waals surface area contributed by atoms with Gasteiger partial charge in [0.1, 0.15) is 11.7 Å². The average Bonchev–Trinajstić information content (AvgIpc) is 3.38. The first-order valence-electron chi connectivity index (χ1n) is 9.81. The summed E-state index contributed by atoms with van der Waals surface area (Å²) in [7, 11) is 0. The van der Waals surface area contributed by atoms with Crippen LogP contribution < -0.4 is 0 Å². The van der Waals surface area contributed by atoms with Crippen molar-refractivity contribution in [3.63, 3.8) is 0 Å². The van der Waals surface area contributed by atoms with Gasteiger partial charge in [0.25, 0.3) is 5.91 Å². The van der Waals surface area contributed by atoms with Crippen LogP contribution in [0.1, 0.15) is 25.7 Å². The molecule has 1 aliphatic carbocycles. The molecular formula is C19H18F3N3O5. The molecule has 4 heterocycles. The summed E-state index contributed by atoms with van der Waals surface area (Å²) in [4.78, 5) is 52.1. The number of carbonyl (C=O) groups is 4. The third kappa shape index (κ3) is 2.53. The number of rotatable bonds is 3. The molecular weight excluding hydrogens is 407 g/mol. The fourth-order valence-corrected chi connectivity index (χ4v) is 5.20. The van der Waals surface area contributed by atoms with E-state index in [1.807, 2.05) is 0 Å². The summed E-state index contributed by atoms with van der Waals surface area (Å²) >= 11 is 0. The Hall–Kier alpha value is -2.85. The predicted molar refractivity (Wildman–Crippen MR) is 92.4 cm³/mol. The van der Waals surface area contributed by atoms with Crippen LogP contribution in [0.2, 0.25) is 0 Å². The molecule has 4 fully saturated rings. The number of likely N-dealkylation sites (tertiary alicyclic amines) is 2. The number of hydrogen-bond acceptors (Lipinski definition) is 4. The number of aliphatic carboxylic acids is 1. The van der Waals surface area contributed by atoms with Crippen molar-refractivity contribution in [3.8, 4) is 0 Å². The van der Waals surface area contributed by atoms with Gasteiger partial charge in [0.2, 0.25) is 5.91 Å². The maximum Gasteiger partial charge on any atom is 0.471 e. The highest BCUT2D eigenvalue weighted by Crippen LogP contribution is 2.50. The summed E-state index contributed by atoms with van der Waals surface area (Å²) in [6, 6.07) is -1.95. The second-order valence-electron chi connectivity index (χ2n) is 8.29. The highest BCUT2D eigenvalue weighted by Gasteiger charge is 2.65. The minimum atomic E-state index is -5.11. The molecule has 11 heteroatoms. The number of β-lactam (4-membered cyclic amide) rings is 1. The van der Waals surface area contributed by atoms with Gasteiger partial charge in [-0.2, -0.15) is 13.2 Å². The van der Waals surface area contributed by atoms with Gasteiger partial charge < -0.3 is 14.9 Å². The molecule has 1 N–H and O–H groups in total. The van der Waals surface area contributed by atoms with Crippen molar-refractivity contribution >= 4 is 23.7 Å². The van der Waals surface area contributed by atoms with E-state index in [2.05, 4.69) is 0 Å². The Kier molecular flexibility index (Phi) is 3.88. The first kappa shape index (κ1) is 19.1. The SMILES string of the molecule is O=C(O)C1=C(/C=C2\CCN(C3CC3)C2=O)C2CCN(C(=O)C(F)(F)F)[C@@H]3C(=O)N1[C@H]23. The van der Waals surface area contributed by atoms with Crippen LogP contribution in [0.5, 0.6) is 0 Å². The molecule has 0 aromatic carbocycles. The number of carboxylic acids is 1. The molecule has 8 nitrogen and oxygen atoms in total. The Bertz CT molecular complexity index is 952. The van der Waals surface area contributed by atoms with E-state index < -0.39 is 42.0 Å².